The maximum Gasteiger partial charge on any atom is 0.230 e. The molecule has 0 N–H and O–H groups in total. The van der Waals surface area contributed by atoms with Gasteiger partial charge >= 0.3 is 0 Å². The zero-order valence-corrected chi connectivity index (χ0v) is 26.2. The summed E-state index contributed by atoms with van der Waals surface area (Å²) in [6, 6.07) is 0. The molecule has 3 atom stereocenters. The van der Waals surface area contributed by atoms with Gasteiger partial charge in [0.2, 0.25) is 11.9 Å². The van der Waals surface area contributed by atoms with E-state index in [2.05, 4.69) is 49.6 Å². The lowest BCUT2D eigenvalue weighted by Gasteiger charge is -2.28. The van der Waals surface area contributed by atoms with Crippen molar-refractivity contribution in [3.63, 3.8) is 0 Å². The second-order valence-corrected chi connectivity index (χ2v) is 12.4. The van der Waals surface area contributed by atoms with E-state index in [1.165, 1.54) is 116 Å². The molecule has 0 amide bonds. The first-order valence-corrected chi connectivity index (χ1v) is 17.1. The molecule has 3 rings (SSSR count). The van der Waals surface area contributed by atoms with E-state index in [4.69, 9.17) is 15.0 Å². The Hall–Kier alpha value is -1.65. The number of rotatable bonds is 23. The average molecular weight is 540 g/mol. The molecule has 1 aromatic rings. The van der Waals surface area contributed by atoms with Gasteiger partial charge in [0.25, 0.3) is 0 Å². The van der Waals surface area contributed by atoms with E-state index in [-0.39, 0.29) is 0 Å². The molecule has 5 nitrogen and oxygen atoms in total. The number of fused-ring (bicyclic) bond motifs is 2. The molecule has 5 heteroatoms. The van der Waals surface area contributed by atoms with Crippen molar-refractivity contribution in [2.75, 3.05) is 36.0 Å². The minimum absolute atomic E-state index is 0.463. The van der Waals surface area contributed by atoms with Crippen molar-refractivity contribution < 1.29 is 0 Å². The van der Waals surface area contributed by atoms with Gasteiger partial charge in [0, 0.05) is 32.1 Å². The first-order chi connectivity index (χ1) is 19.2. The van der Waals surface area contributed by atoms with E-state index >= 15 is 0 Å². The topological polar surface area (TPSA) is 45.2 Å². The largest absolute Gasteiger partial charge is 0.341 e. The maximum atomic E-state index is 5.28. The van der Waals surface area contributed by atoms with Crippen LogP contribution in [-0.2, 0) is 0 Å². The SMILES string of the molecule is CCCCCCN(CCCCCC)c1nc(C2CC3C=CC2C3)nc(N(CCCCCC)CCCCCC)n1. The van der Waals surface area contributed by atoms with Crippen LogP contribution in [-0.4, -0.2) is 41.1 Å². The summed E-state index contributed by atoms with van der Waals surface area (Å²) in [7, 11) is 0. The van der Waals surface area contributed by atoms with Crippen molar-refractivity contribution in [3.8, 4) is 0 Å². The number of hydrogen-bond acceptors (Lipinski definition) is 5. The van der Waals surface area contributed by atoms with Gasteiger partial charge in [0.1, 0.15) is 5.82 Å². The Labute approximate surface area is 241 Å². The van der Waals surface area contributed by atoms with Gasteiger partial charge in [0.15, 0.2) is 0 Å². The van der Waals surface area contributed by atoms with Gasteiger partial charge in [-0.15, -0.1) is 0 Å². The Bertz CT molecular complexity index is 739. The second-order valence-electron chi connectivity index (χ2n) is 12.4. The Morgan fingerprint density at radius 1 is 0.538 bits per heavy atom. The van der Waals surface area contributed by atoms with Crippen molar-refractivity contribution in [1.82, 2.24) is 15.0 Å². The molecule has 3 unspecified atom stereocenters. The first kappa shape index (κ1) is 31.9. The lowest BCUT2D eigenvalue weighted by molar-refractivity contribution is 0.539. The average Bonchev–Trinajstić information content (AvgIpc) is 3.59. The van der Waals surface area contributed by atoms with Gasteiger partial charge in [-0.05, 0) is 50.4 Å². The maximum absolute atomic E-state index is 5.28. The summed E-state index contributed by atoms with van der Waals surface area (Å²) in [4.78, 5) is 20.9. The van der Waals surface area contributed by atoms with Crippen LogP contribution in [0.1, 0.15) is 155 Å². The predicted molar refractivity (Wildman–Crippen MR) is 169 cm³/mol. The van der Waals surface area contributed by atoms with Crippen LogP contribution in [0.4, 0.5) is 11.9 Å². The molecule has 0 radical (unpaired) electrons. The number of aromatic nitrogens is 3. The lowest BCUT2D eigenvalue weighted by Crippen LogP contribution is -2.32. The molecular formula is C34H61N5. The van der Waals surface area contributed by atoms with E-state index in [0.29, 0.717) is 11.8 Å². The van der Waals surface area contributed by atoms with Gasteiger partial charge in [-0.3, -0.25) is 0 Å². The van der Waals surface area contributed by atoms with Crippen LogP contribution >= 0.6 is 0 Å². The number of unbranched alkanes of at least 4 members (excludes halogenated alkanes) is 12. The fraction of sp³-hybridized carbons (Fsp3) is 0.853. The summed E-state index contributed by atoms with van der Waals surface area (Å²) in [5.41, 5.74) is 0. The zero-order valence-electron chi connectivity index (χ0n) is 26.2. The lowest BCUT2D eigenvalue weighted by atomic mass is 9.93. The van der Waals surface area contributed by atoms with Gasteiger partial charge in [0.05, 0.1) is 0 Å². The molecule has 2 bridgehead atoms. The molecule has 0 aliphatic heterocycles. The Kier molecular flexibility index (Phi) is 15.2. The van der Waals surface area contributed by atoms with Crippen LogP contribution in [0.25, 0.3) is 0 Å². The third-order valence-electron chi connectivity index (χ3n) is 8.93. The summed E-state index contributed by atoms with van der Waals surface area (Å²) < 4.78 is 0. The van der Waals surface area contributed by atoms with Crippen molar-refractivity contribution in [1.29, 1.82) is 0 Å². The normalized spacial score (nSPS) is 19.7. The van der Waals surface area contributed by atoms with Crippen molar-refractivity contribution >= 4 is 11.9 Å². The highest BCUT2D eigenvalue weighted by Gasteiger charge is 2.39. The molecule has 0 aromatic carbocycles. The minimum atomic E-state index is 0.463. The number of anilines is 2. The molecular weight excluding hydrogens is 478 g/mol. The highest BCUT2D eigenvalue weighted by molar-refractivity contribution is 5.40. The second kappa shape index (κ2) is 18.7. The third kappa shape index (κ3) is 10.7. The predicted octanol–water partition coefficient (Wildman–Crippen LogP) is 9.49. The molecule has 1 aromatic heterocycles. The smallest absolute Gasteiger partial charge is 0.230 e. The molecule has 0 spiro atoms. The summed E-state index contributed by atoms with van der Waals surface area (Å²) in [6.45, 7) is 13.5. The van der Waals surface area contributed by atoms with E-state index in [1.807, 2.05) is 0 Å². The highest BCUT2D eigenvalue weighted by atomic mass is 15.3. The highest BCUT2D eigenvalue weighted by Crippen LogP contribution is 2.48. The minimum Gasteiger partial charge on any atom is -0.341 e. The summed E-state index contributed by atoms with van der Waals surface area (Å²) in [6.07, 6.45) is 27.9. The molecule has 0 saturated heterocycles. The van der Waals surface area contributed by atoms with Crippen LogP contribution in [0.2, 0.25) is 0 Å². The van der Waals surface area contributed by atoms with Crippen molar-refractivity contribution in [2.45, 2.75) is 149 Å². The molecule has 1 fully saturated rings. The van der Waals surface area contributed by atoms with E-state index in [0.717, 1.165) is 49.8 Å². The summed E-state index contributed by atoms with van der Waals surface area (Å²) >= 11 is 0. The number of nitrogens with zero attached hydrogens (tertiary/aromatic N) is 5. The Morgan fingerprint density at radius 3 is 1.31 bits per heavy atom. The molecule has 222 valence electrons. The Morgan fingerprint density at radius 2 is 0.974 bits per heavy atom. The van der Waals surface area contributed by atoms with Gasteiger partial charge in [-0.1, -0.05) is 117 Å². The van der Waals surface area contributed by atoms with Crippen molar-refractivity contribution in [2.24, 2.45) is 11.8 Å². The van der Waals surface area contributed by atoms with Gasteiger partial charge in [-0.2, -0.15) is 15.0 Å². The standard InChI is InChI=1S/C34H61N5/c1-5-9-13-17-23-38(24-18-14-10-6-2)33-35-32(31-28-29-21-22-30(31)27-29)36-34(37-33)39(25-19-15-11-7-3)26-20-16-12-8-4/h21-22,29-31H,5-20,23-28H2,1-4H3. The molecule has 1 saturated carbocycles. The molecule has 2 aliphatic carbocycles. The molecule has 2 aliphatic rings. The van der Waals surface area contributed by atoms with Crippen LogP contribution in [0.3, 0.4) is 0 Å². The fourth-order valence-electron chi connectivity index (χ4n) is 6.44. The number of hydrogen-bond donors (Lipinski definition) is 0. The van der Waals surface area contributed by atoms with Gasteiger partial charge < -0.3 is 9.80 Å². The number of allylic oxidation sites excluding steroid dienone is 2. The first-order valence-electron chi connectivity index (χ1n) is 17.1. The van der Waals surface area contributed by atoms with Crippen molar-refractivity contribution in [3.05, 3.63) is 18.0 Å². The molecule has 39 heavy (non-hydrogen) atoms. The van der Waals surface area contributed by atoms with Crippen LogP contribution in [0, 0.1) is 11.8 Å². The van der Waals surface area contributed by atoms with Crippen LogP contribution < -0.4 is 9.80 Å². The van der Waals surface area contributed by atoms with E-state index < -0.39 is 0 Å². The summed E-state index contributed by atoms with van der Waals surface area (Å²) in [5, 5.41) is 0. The Balaban J connectivity index is 1.87. The summed E-state index contributed by atoms with van der Waals surface area (Å²) in [5.74, 6) is 4.80. The van der Waals surface area contributed by atoms with Crippen LogP contribution in [0.15, 0.2) is 12.2 Å². The quantitative estimate of drug-likeness (QED) is 0.102. The van der Waals surface area contributed by atoms with Crippen LogP contribution in [0.5, 0.6) is 0 Å². The van der Waals surface area contributed by atoms with Gasteiger partial charge in [-0.25, -0.2) is 0 Å². The monoisotopic (exact) mass is 539 g/mol. The van der Waals surface area contributed by atoms with E-state index in [9.17, 15) is 0 Å². The molecule has 1 heterocycles. The fourth-order valence-corrected chi connectivity index (χ4v) is 6.44. The van der Waals surface area contributed by atoms with E-state index in [1.54, 1.807) is 0 Å². The zero-order chi connectivity index (χ0) is 27.7. The third-order valence-corrected chi connectivity index (χ3v) is 8.93.